The second kappa shape index (κ2) is 4.96. The predicted octanol–water partition coefficient (Wildman–Crippen LogP) is 1.88. The van der Waals surface area contributed by atoms with Crippen molar-refractivity contribution in [2.75, 3.05) is 0 Å². The van der Waals surface area contributed by atoms with Crippen molar-refractivity contribution in [3.63, 3.8) is 0 Å². The van der Waals surface area contributed by atoms with E-state index in [-0.39, 0.29) is 17.7 Å². The van der Waals surface area contributed by atoms with Gasteiger partial charge < -0.3 is 5.73 Å². The molecule has 0 aliphatic carbocycles. The van der Waals surface area contributed by atoms with Crippen LogP contribution in [0.3, 0.4) is 0 Å². The first-order chi connectivity index (χ1) is 7.81. The lowest BCUT2D eigenvalue weighted by Gasteiger charge is -2.09. The van der Waals surface area contributed by atoms with Gasteiger partial charge in [-0.3, -0.25) is 0 Å². The van der Waals surface area contributed by atoms with Crippen molar-refractivity contribution >= 4 is 19.7 Å². The number of rotatable bonds is 3. The first-order valence-electron chi connectivity index (χ1n) is 4.31. The van der Waals surface area contributed by atoms with Gasteiger partial charge >= 0.3 is 0 Å². The highest BCUT2D eigenvalue weighted by Gasteiger charge is 2.23. The number of nitriles is 1. The minimum absolute atomic E-state index is 0.0909. The Morgan fingerprint density at radius 1 is 1.47 bits per heavy atom. The molecule has 8 heteroatoms. The molecule has 0 bridgehead atoms. The van der Waals surface area contributed by atoms with Crippen molar-refractivity contribution in [1.29, 1.82) is 5.26 Å². The van der Waals surface area contributed by atoms with Gasteiger partial charge in [-0.05, 0) is 17.7 Å². The van der Waals surface area contributed by atoms with E-state index in [1.807, 2.05) is 0 Å². The third kappa shape index (κ3) is 2.91. The normalized spacial score (nSPS) is 11.5. The zero-order valence-corrected chi connectivity index (χ0v) is 9.89. The molecule has 0 amide bonds. The van der Waals surface area contributed by atoms with Gasteiger partial charge in [-0.15, -0.1) is 0 Å². The Morgan fingerprint density at radius 2 is 2.06 bits per heavy atom. The molecule has 0 heterocycles. The van der Waals surface area contributed by atoms with Crippen LogP contribution in [-0.4, -0.2) is 8.42 Å². The molecule has 2 N–H and O–H groups in total. The van der Waals surface area contributed by atoms with Gasteiger partial charge in [0, 0.05) is 22.8 Å². The van der Waals surface area contributed by atoms with Crippen LogP contribution < -0.4 is 5.73 Å². The Bertz CT molecular complexity index is 581. The lowest BCUT2D eigenvalue weighted by molar-refractivity contribution is 0.148. The summed E-state index contributed by atoms with van der Waals surface area (Å²) in [5.41, 5.74) is 4.55. The van der Waals surface area contributed by atoms with Crippen molar-refractivity contribution in [3.05, 3.63) is 28.8 Å². The summed E-state index contributed by atoms with van der Waals surface area (Å²) in [5, 5.41) is 8.72. The van der Waals surface area contributed by atoms with Crippen LogP contribution in [0, 0.1) is 11.3 Å². The summed E-state index contributed by atoms with van der Waals surface area (Å²) in [7, 11) is 0.739. The highest BCUT2D eigenvalue weighted by Crippen LogP contribution is 2.31. The first-order valence-corrected chi connectivity index (χ1v) is 6.62. The first kappa shape index (κ1) is 13.8. The maximum atomic E-state index is 12.6. The van der Waals surface area contributed by atoms with Gasteiger partial charge in [-0.2, -0.15) is 5.26 Å². The van der Waals surface area contributed by atoms with E-state index in [4.69, 9.17) is 21.7 Å². The zero-order valence-electron chi connectivity index (χ0n) is 8.32. The largest absolute Gasteiger partial charge is 0.326 e. The predicted molar refractivity (Wildman–Crippen MR) is 57.0 cm³/mol. The summed E-state index contributed by atoms with van der Waals surface area (Å²) in [6.07, 6.45) is -3.04. The summed E-state index contributed by atoms with van der Waals surface area (Å²) >= 11 is 0. The average Bonchev–Trinajstić information content (AvgIpc) is 2.25. The molecule has 1 aromatic rings. The van der Waals surface area contributed by atoms with Crippen LogP contribution in [0.15, 0.2) is 17.0 Å². The lowest BCUT2D eigenvalue weighted by atomic mass is 10.0. The van der Waals surface area contributed by atoms with Crippen LogP contribution in [0.4, 0.5) is 8.78 Å². The molecule has 0 spiro atoms. The molecule has 4 nitrogen and oxygen atoms in total. The molecule has 0 aliphatic rings. The Kier molecular flexibility index (Phi) is 4.03. The molecule has 92 valence electrons. The van der Waals surface area contributed by atoms with Crippen molar-refractivity contribution in [1.82, 2.24) is 0 Å². The number of hydrogen-bond acceptors (Lipinski definition) is 4. The fraction of sp³-hybridized carbons (Fsp3) is 0.222. The second-order valence-electron chi connectivity index (χ2n) is 3.10. The summed E-state index contributed by atoms with van der Waals surface area (Å²) in [5.74, 6) is 0. The SMILES string of the molecule is N#Cc1cc(C(F)F)c(S(=O)(=O)Cl)cc1CN. The highest BCUT2D eigenvalue weighted by atomic mass is 35.7. The summed E-state index contributed by atoms with van der Waals surface area (Å²) in [6.45, 7) is -0.147. The number of nitrogens with two attached hydrogens (primary N) is 1. The Balaban J connectivity index is 3.65. The zero-order chi connectivity index (χ0) is 13.2. The van der Waals surface area contributed by atoms with Crippen LogP contribution in [-0.2, 0) is 15.6 Å². The van der Waals surface area contributed by atoms with Crippen LogP contribution in [0.1, 0.15) is 23.1 Å². The van der Waals surface area contributed by atoms with E-state index in [1.54, 1.807) is 6.07 Å². The maximum Gasteiger partial charge on any atom is 0.265 e. The van der Waals surface area contributed by atoms with Gasteiger partial charge in [0.1, 0.15) is 0 Å². The number of halogens is 3. The molecular weight excluding hydrogens is 274 g/mol. The standard InChI is InChI=1S/C9H7ClF2N2O2S/c10-17(15,16)8-2-6(4-14)5(3-13)1-7(8)9(11)12/h1-2,9H,4,14H2. The van der Waals surface area contributed by atoms with Crippen LogP contribution in [0.5, 0.6) is 0 Å². The van der Waals surface area contributed by atoms with E-state index in [2.05, 4.69) is 0 Å². The minimum atomic E-state index is -4.31. The minimum Gasteiger partial charge on any atom is -0.326 e. The molecule has 0 aliphatic heterocycles. The highest BCUT2D eigenvalue weighted by molar-refractivity contribution is 8.13. The number of alkyl halides is 2. The van der Waals surface area contributed by atoms with Crippen molar-refractivity contribution < 1.29 is 17.2 Å². The van der Waals surface area contributed by atoms with E-state index in [1.165, 1.54) is 0 Å². The fourth-order valence-corrected chi connectivity index (χ4v) is 2.41. The molecule has 0 saturated carbocycles. The van der Waals surface area contributed by atoms with Crippen LogP contribution >= 0.6 is 10.7 Å². The molecule has 1 rings (SSSR count). The molecular formula is C9H7ClF2N2O2S. The number of nitrogens with zero attached hydrogens (tertiary/aromatic N) is 1. The topological polar surface area (TPSA) is 84.0 Å². The summed E-state index contributed by atoms with van der Waals surface area (Å²) in [6, 6.07) is 3.37. The van der Waals surface area contributed by atoms with Gasteiger partial charge in [0.15, 0.2) is 0 Å². The molecule has 17 heavy (non-hydrogen) atoms. The van der Waals surface area contributed by atoms with E-state index in [0.29, 0.717) is 0 Å². The molecule has 0 aromatic heterocycles. The third-order valence-corrected chi connectivity index (χ3v) is 3.45. The van der Waals surface area contributed by atoms with Gasteiger partial charge in [0.05, 0.1) is 16.5 Å². The van der Waals surface area contributed by atoms with Crippen LogP contribution in [0.2, 0.25) is 0 Å². The Morgan fingerprint density at radius 3 is 2.41 bits per heavy atom. The number of hydrogen-bond donors (Lipinski definition) is 1. The monoisotopic (exact) mass is 280 g/mol. The maximum absolute atomic E-state index is 12.6. The van der Waals surface area contributed by atoms with Gasteiger partial charge in [-0.25, -0.2) is 17.2 Å². The average molecular weight is 281 g/mol. The summed E-state index contributed by atoms with van der Waals surface area (Å²) in [4.78, 5) is -0.714. The van der Waals surface area contributed by atoms with Crippen molar-refractivity contribution in [3.8, 4) is 6.07 Å². The van der Waals surface area contributed by atoms with Crippen molar-refractivity contribution in [2.24, 2.45) is 5.73 Å². The third-order valence-electron chi connectivity index (χ3n) is 2.07. The molecule has 1 aromatic carbocycles. The van der Waals surface area contributed by atoms with E-state index >= 15 is 0 Å². The second-order valence-corrected chi connectivity index (χ2v) is 5.64. The molecule has 0 atom stereocenters. The Hall–Kier alpha value is -1.23. The van der Waals surface area contributed by atoms with E-state index in [9.17, 15) is 17.2 Å². The number of benzene rings is 1. The summed E-state index contributed by atoms with van der Waals surface area (Å²) < 4.78 is 47.6. The van der Waals surface area contributed by atoms with Gasteiger partial charge in [-0.1, -0.05) is 0 Å². The molecule has 0 fully saturated rings. The van der Waals surface area contributed by atoms with Crippen molar-refractivity contribution in [2.45, 2.75) is 17.9 Å². The van der Waals surface area contributed by atoms with Crippen LogP contribution in [0.25, 0.3) is 0 Å². The van der Waals surface area contributed by atoms with E-state index < -0.39 is 25.9 Å². The molecule has 0 unspecified atom stereocenters. The molecule has 0 saturated heterocycles. The Labute approximate surface area is 101 Å². The van der Waals surface area contributed by atoms with E-state index in [0.717, 1.165) is 12.1 Å². The molecule has 0 radical (unpaired) electrons. The smallest absolute Gasteiger partial charge is 0.265 e. The fourth-order valence-electron chi connectivity index (χ4n) is 1.29. The lowest BCUT2D eigenvalue weighted by Crippen LogP contribution is -2.06. The van der Waals surface area contributed by atoms with Gasteiger partial charge in [0.2, 0.25) is 0 Å². The van der Waals surface area contributed by atoms with Gasteiger partial charge in [0.25, 0.3) is 15.5 Å². The quantitative estimate of drug-likeness (QED) is 0.857.